The number of fused-ring (bicyclic) bond motifs is 5. The van der Waals surface area contributed by atoms with Crippen molar-refractivity contribution in [3.8, 4) is 0 Å². The maximum Gasteiger partial charge on any atom is 0.495 e. The lowest BCUT2D eigenvalue weighted by Gasteiger charge is -2.32. The number of benzene rings is 4. The lowest BCUT2D eigenvalue weighted by Crippen LogP contribution is -2.41. The molecule has 0 radical (unpaired) electrons. The van der Waals surface area contributed by atoms with E-state index in [1.165, 1.54) is 32.3 Å². The Morgan fingerprint density at radius 3 is 2.00 bits per heavy atom. The van der Waals surface area contributed by atoms with Gasteiger partial charge in [0.2, 0.25) is 0 Å². The molecular formula is C24H23BO2. The molecule has 0 amide bonds. The van der Waals surface area contributed by atoms with E-state index in [1.54, 1.807) is 0 Å². The average molecular weight is 354 g/mol. The molecule has 5 rings (SSSR count). The van der Waals surface area contributed by atoms with Gasteiger partial charge in [0.1, 0.15) is 0 Å². The van der Waals surface area contributed by atoms with Gasteiger partial charge in [-0.05, 0) is 65.5 Å². The zero-order valence-electron chi connectivity index (χ0n) is 16.2. The molecular weight excluding hydrogens is 331 g/mol. The third-order valence-electron chi connectivity index (χ3n) is 6.31. The van der Waals surface area contributed by atoms with Crippen molar-refractivity contribution in [2.45, 2.75) is 38.9 Å². The second-order valence-corrected chi connectivity index (χ2v) is 8.48. The van der Waals surface area contributed by atoms with Gasteiger partial charge in [0.05, 0.1) is 11.2 Å². The zero-order valence-corrected chi connectivity index (χ0v) is 16.2. The molecule has 3 heteroatoms. The summed E-state index contributed by atoms with van der Waals surface area (Å²) >= 11 is 0. The van der Waals surface area contributed by atoms with Gasteiger partial charge in [-0.1, -0.05) is 66.7 Å². The minimum absolute atomic E-state index is 0.344. The van der Waals surface area contributed by atoms with Crippen LogP contribution in [-0.4, -0.2) is 18.3 Å². The van der Waals surface area contributed by atoms with E-state index in [4.69, 9.17) is 9.31 Å². The van der Waals surface area contributed by atoms with Crippen LogP contribution in [0.25, 0.3) is 32.3 Å². The van der Waals surface area contributed by atoms with Crippen LogP contribution in [-0.2, 0) is 9.31 Å². The van der Waals surface area contributed by atoms with Crippen LogP contribution in [0.15, 0.2) is 66.7 Å². The molecule has 2 nitrogen and oxygen atoms in total. The maximum absolute atomic E-state index is 6.34. The minimum atomic E-state index is -0.355. The van der Waals surface area contributed by atoms with Crippen molar-refractivity contribution in [1.29, 1.82) is 0 Å². The third kappa shape index (κ3) is 2.42. The summed E-state index contributed by atoms with van der Waals surface area (Å²) in [5.41, 5.74) is 0.410. The van der Waals surface area contributed by atoms with Gasteiger partial charge in [-0.3, -0.25) is 0 Å². The molecule has 1 aliphatic rings. The quantitative estimate of drug-likeness (QED) is 0.334. The fourth-order valence-electron chi connectivity index (χ4n) is 4.06. The Kier molecular flexibility index (Phi) is 3.47. The third-order valence-corrected chi connectivity index (χ3v) is 6.31. The first-order valence-corrected chi connectivity index (χ1v) is 9.56. The van der Waals surface area contributed by atoms with Gasteiger partial charge < -0.3 is 9.31 Å². The van der Waals surface area contributed by atoms with Gasteiger partial charge in [0, 0.05) is 0 Å². The van der Waals surface area contributed by atoms with E-state index in [-0.39, 0.29) is 18.3 Å². The SMILES string of the molecule is CC1(C)OB(c2cccc3c2ccc2ccc4ccccc4c23)OC1(C)C. The van der Waals surface area contributed by atoms with E-state index < -0.39 is 0 Å². The largest absolute Gasteiger partial charge is 0.495 e. The molecule has 1 aliphatic heterocycles. The second-order valence-electron chi connectivity index (χ2n) is 8.48. The van der Waals surface area contributed by atoms with Crippen LogP contribution in [0.5, 0.6) is 0 Å². The Bertz CT molecular complexity index is 1180. The van der Waals surface area contributed by atoms with Crippen LogP contribution >= 0.6 is 0 Å². The Hall–Kier alpha value is -2.36. The number of rotatable bonds is 1. The summed E-state index contributed by atoms with van der Waals surface area (Å²) in [4.78, 5) is 0. The standard InChI is InChI=1S/C24H23BO2/c1-23(2)24(3,4)27-25(26-23)21-11-7-10-20-19(21)15-14-17-13-12-16-8-5-6-9-18(16)22(17)20/h5-15H,1-4H3. The highest BCUT2D eigenvalue weighted by atomic mass is 16.7. The first kappa shape index (κ1) is 16.8. The molecule has 1 saturated heterocycles. The monoisotopic (exact) mass is 354 g/mol. The minimum Gasteiger partial charge on any atom is -0.399 e. The highest BCUT2D eigenvalue weighted by molar-refractivity contribution is 6.65. The predicted molar refractivity (Wildman–Crippen MR) is 115 cm³/mol. The smallest absolute Gasteiger partial charge is 0.399 e. The molecule has 134 valence electrons. The Morgan fingerprint density at radius 2 is 1.22 bits per heavy atom. The van der Waals surface area contributed by atoms with Gasteiger partial charge in [0.25, 0.3) is 0 Å². The summed E-state index contributed by atoms with van der Waals surface area (Å²) in [5.74, 6) is 0. The van der Waals surface area contributed by atoms with Crippen LogP contribution in [0, 0.1) is 0 Å². The van der Waals surface area contributed by atoms with E-state index in [0.29, 0.717) is 0 Å². The van der Waals surface area contributed by atoms with E-state index >= 15 is 0 Å². The molecule has 4 aromatic carbocycles. The Labute approximate surface area is 160 Å². The highest BCUT2D eigenvalue weighted by Gasteiger charge is 2.52. The van der Waals surface area contributed by atoms with Gasteiger partial charge in [-0.25, -0.2) is 0 Å². The van der Waals surface area contributed by atoms with Crippen molar-refractivity contribution in [1.82, 2.24) is 0 Å². The molecule has 1 heterocycles. The predicted octanol–water partition coefficient (Wildman–Crippen LogP) is 5.45. The fourth-order valence-corrected chi connectivity index (χ4v) is 4.06. The number of hydrogen-bond acceptors (Lipinski definition) is 2. The molecule has 0 unspecified atom stereocenters. The Balaban J connectivity index is 1.79. The van der Waals surface area contributed by atoms with Gasteiger partial charge in [-0.15, -0.1) is 0 Å². The van der Waals surface area contributed by atoms with Crippen LogP contribution in [0.1, 0.15) is 27.7 Å². The molecule has 1 fully saturated rings. The van der Waals surface area contributed by atoms with Gasteiger partial charge >= 0.3 is 7.12 Å². The lowest BCUT2D eigenvalue weighted by molar-refractivity contribution is 0.00578. The topological polar surface area (TPSA) is 18.5 Å². The molecule has 0 N–H and O–H groups in total. The molecule has 0 spiro atoms. The lowest BCUT2D eigenvalue weighted by atomic mass is 9.75. The molecule has 0 aromatic heterocycles. The molecule has 4 aromatic rings. The van der Waals surface area contributed by atoms with Crippen molar-refractivity contribution >= 4 is 44.9 Å². The van der Waals surface area contributed by atoms with Crippen molar-refractivity contribution < 1.29 is 9.31 Å². The first-order valence-electron chi connectivity index (χ1n) is 9.56. The summed E-state index contributed by atoms with van der Waals surface area (Å²) in [6, 6.07) is 23.8. The molecule has 0 atom stereocenters. The highest BCUT2D eigenvalue weighted by Crippen LogP contribution is 2.38. The van der Waals surface area contributed by atoms with Crippen molar-refractivity contribution in [2.24, 2.45) is 0 Å². The van der Waals surface area contributed by atoms with Crippen LogP contribution < -0.4 is 5.46 Å². The van der Waals surface area contributed by atoms with Crippen LogP contribution in [0.2, 0.25) is 0 Å². The average Bonchev–Trinajstić information content (AvgIpc) is 2.87. The summed E-state index contributed by atoms with van der Waals surface area (Å²) in [5, 5.41) is 7.54. The normalized spacial score (nSPS) is 18.6. The van der Waals surface area contributed by atoms with E-state index in [9.17, 15) is 0 Å². The summed E-state index contributed by atoms with van der Waals surface area (Å²) < 4.78 is 12.7. The van der Waals surface area contributed by atoms with Crippen molar-refractivity contribution in [3.05, 3.63) is 66.7 Å². The molecule has 0 bridgehead atoms. The zero-order chi connectivity index (χ0) is 18.8. The van der Waals surface area contributed by atoms with E-state index in [2.05, 4.69) is 94.4 Å². The number of hydrogen-bond donors (Lipinski definition) is 0. The van der Waals surface area contributed by atoms with Crippen LogP contribution in [0.4, 0.5) is 0 Å². The van der Waals surface area contributed by atoms with Crippen molar-refractivity contribution in [3.63, 3.8) is 0 Å². The summed E-state index contributed by atoms with van der Waals surface area (Å²) in [6.07, 6.45) is 0. The van der Waals surface area contributed by atoms with Crippen LogP contribution in [0.3, 0.4) is 0 Å². The summed E-state index contributed by atoms with van der Waals surface area (Å²) in [6.45, 7) is 8.39. The second kappa shape index (κ2) is 5.57. The molecule has 27 heavy (non-hydrogen) atoms. The molecule has 0 saturated carbocycles. The van der Waals surface area contributed by atoms with E-state index in [0.717, 1.165) is 5.46 Å². The van der Waals surface area contributed by atoms with E-state index in [1.807, 2.05) is 0 Å². The van der Waals surface area contributed by atoms with Crippen molar-refractivity contribution in [2.75, 3.05) is 0 Å². The Morgan fingerprint density at radius 1 is 0.593 bits per heavy atom. The molecule has 0 aliphatic carbocycles. The maximum atomic E-state index is 6.34. The van der Waals surface area contributed by atoms with Gasteiger partial charge in [0.15, 0.2) is 0 Å². The summed E-state index contributed by atoms with van der Waals surface area (Å²) in [7, 11) is -0.355. The first-order chi connectivity index (χ1) is 12.9. The van der Waals surface area contributed by atoms with Gasteiger partial charge in [-0.2, -0.15) is 0 Å². The fraction of sp³-hybridized carbons (Fsp3) is 0.250.